The van der Waals surface area contributed by atoms with Crippen LogP contribution in [0.3, 0.4) is 0 Å². The first-order valence-corrected chi connectivity index (χ1v) is 5.06. The Hall–Kier alpha value is -1.39. The molecule has 0 radical (unpaired) electrons. The van der Waals surface area contributed by atoms with Crippen LogP contribution in [0.4, 0.5) is 0 Å². The van der Waals surface area contributed by atoms with E-state index in [1.807, 2.05) is 42.0 Å². The Morgan fingerprint density at radius 2 is 2.40 bits per heavy atom. The molecule has 0 bridgehead atoms. The summed E-state index contributed by atoms with van der Waals surface area (Å²) in [6.07, 6.45) is 3.78. The molecular formula is C11H15N3O. The molecule has 0 aromatic carbocycles. The van der Waals surface area contributed by atoms with Gasteiger partial charge in [0.05, 0.1) is 18.3 Å². The minimum atomic E-state index is 0.115. The highest BCUT2D eigenvalue weighted by atomic mass is 16.3. The predicted octanol–water partition coefficient (Wildman–Crippen LogP) is 0.805. The second kappa shape index (κ2) is 4.42. The first kappa shape index (κ1) is 10.1. The number of nitrogens with zero attached hydrogens (tertiary/aromatic N) is 2. The molecule has 0 fully saturated rings. The Balaban J connectivity index is 2.14. The topological polar surface area (TPSA) is 49.6 Å². The Morgan fingerprint density at radius 1 is 1.53 bits per heavy atom. The lowest BCUT2D eigenvalue weighted by Gasteiger charge is -2.09. The molecule has 0 aliphatic heterocycles. The van der Waals surface area contributed by atoms with Gasteiger partial charge in [-0.05, 0) is 19.1 Å². The van der Waals surface area contributed by atoms with E-state index in [1.54, 1.807) is 0 Å². The summed E-state index contributed by atoms with van der Waals surface area (Å²) in [5.41, 5.74) is 2.26. The monoisotopic (exact) mass is 205 g/mol. The minimum absolute atomic E-state index is 0.115. The predicted molar refractivity (Wildman–Crippen MR) is 58.6 cm³/mol. The van der Waals surface area contributed by atoms with Crippen LogP contribution in [-0.2, 0) is 6.54 Å². The van der Waals surface area contributed by atoms with Gasteiger partial charge in [0.2, 0.25) is 0 Å². The maximum atomic E-state index is 8.89. The fourth-order valence-corrected chi connectivity index (χ4v) is 1.47. The van der Waals surface area contributed by atoms with Crippen molar-refractivity contribution >= 4 is 5.52 Å². The molecule has 0 spiro atoms. The summed E-state index contributed by atoms with van der Waals surface area (Å²) in [6, 6.07) is 6.10. The number of aliphatic hydroxyl groups excluding tert-OH is 1. The lowest BCUT2D eigenvalue weighted by Crippen LogP contribution is -2.28. The standard InChI is InChI=1S/C11H15N3O/c1-9(8-15)12-6-10-7-13-14-5-3-2-4-11(10)14/h2-5,7,9,12,15H,6,8H2,1H3/t9-/m0/s1. The average molecular weight is 205 g/mol. The normalized spacial score (nSPS) is 13.2. The minimum Gasteiger partial charge on any atom is -0.395 e. The molecule has 2 rings (SSSR count). The molecular weight excluding hydrogens is 190 g/mol. The Labute approximate surface area is 88.5 Å². The largest absolute Gasteiger partial charge is 0.395 e. The highest BCUT2D eigenvalue weighted by Crippen LogP contribution is 2.09. The number of fused-ring (bicyclic) bond motifs is 1. The zero-order valence-electron chi connectivity index (χ0n) is 8.72. The van der Waals surface area contributed by atoms with Gasteiger partial charge in [-0.15, -0.1) is 0 Å². The Bertz CT molecular complexity index is 438. The molecule has 15 heavy (non-hydrogen) atoms. The molecule has 80 valence electrons. The van der Waals surface area contributed by atoms with E-state index in [1.165, 1.54) is 0 Å². The molecule has 4 heteroatoms. The number of hydrogen-bond acceptors (Lipinski definition) is 3. The van der Waals surface area contributed by atoms with Crippen molar-refractivity contribution < 1.29 is 5.11 Å². The van der Waals surface area contributed by atoms with Crippen molar-refractivity contribution in [3.8, 4) is 0 Å². The average Bonchev–Trinajstić information content (AvgIpc) is 2.69. The van der Waals surface area contributed by atoms with E-state index in [0.717, 1.165) is 17.6 Å². The summed E-state index contributed by atoms with van der Waals surface area (Å²) in [5, 5.41) is 16.4. The van der Waals surface area contributed by atoms with E-state index in [4.69, 9.17) is 5.11 Å². The highest BCUT2D eigenvalue weighted by Gasteiger charge is 2.04. The van der Waals surface area contributed by atoms with Gasteiger partial charge >= 0.3 is 0 Å². The van der Waals surface area contributed by atoms with Crippen molar-refractivity contribution in [1.82, 2.24) is 14.9 Å². The molecule has 0 aliphatic carbocycles. The number of pyridine rings is 1. The third-order valence-electron chi connectivity index (χ3n) is 2.42. The van der Waals surface area contributed by atoms with Crippen LogP contribution >= 0.6 is 0 Å². The van der Waals surface area contributed by atoms with Crippen LogP contribution < -0.4 is 5.32 Å². The van der Waals surface area contributed by atoms with Crippen molar-refractivity contribution in [3.63, 3.8) is 0 Å². The van der Waals surface area contributed by atoms with Crippen LogP contribution in [0.5, 0.6) is 0 Å². The molecule has 2 aromatic heterocycles. The number of rotatable bonds is 4. The summed E-state index contributed by atoms with van der Waals surface area (Å²) in [6.45, 7) is 2.83. The molecule has 2 N–H and O–H groups in total. The van der Waals surface area contributed by atoms with Gasteiger partial charge in [0.25, 0.3) is 0 Å². The molecule has 2 aromatic rings. The van der Waals surface area contributed by atoms with E-state index in [-0.39, 0.29) is 12.6 Å². The van der Waals surface area contributed by atoms with Gasteiger partial charge in [-0.25, -0.2) is 4.52 Å². The summed E-state index contributed by atoms with van der Waals surface area (Å²) in [5.74, 6) is 0. The van der Waals surface area contributed by atoms with Gasteiger partial charge in [0.15, 0.2) is 0 Å². The van der Waals surface area contributed by atoms with Crippen LogP contribution in [-0.4, -0.2) is 27.4 Å². The maximum absolute atomic E-state index is 8.89. The third-order valence-corrected chi connectivity index (χ3v) is 2.42. The second-order valence-corrected chi connectivity index (χ2v) is 3.66. The van der Waals surface area contributed by atoms with E-state index in [0.29, 0.717) is 0 Å². The van der Waals surface area contributed by atoms with Crippen molar-refractivity contribution in [2.24, 2.45) is 0 Å². The smallest absolute Gasteiger partial charge is 0.0706 e. The first-order valence-electron chi connectivity index (χ1n) is 5.06. The number of nitrogens with one attached hydrogen (secondary N) is 1. The lowest BCUT2D eigenvalue weighted by molar-refractivity contribution is 0.251. The maximum Gasteiger partial charge on any atom is 0.0706 e. The summed E-state index contributed by atoms with van der Waals surface area (Å²) in [7, 11) is 0. The number of hydrogen-bond donors (Lipinski definition) is 2. The van der Waals surface area contributed by atoms with Crippen molar-refractivity contribution in [2.45, 2.75) is 19.5 Å². The summed E-state index contributed by atoms with van der Waals surface area (Å²) >= 11 is 0. The first-order chi connectivity index (χ1) is 7.31. The van der Waals surface area contributed by atoms with E-state index >= 15 is 0 Å². The molecule has 4 nitrogen and oxygen atoms in total. The molecule has 1 atom stereocenters. The lowest BCUT2D eigenvalue weighted by atomic mass is 10.2. The summed E-state index contributed by atoms with van der Waals surface area (Å²) < 4.78 is 1.85. The fourth-order valence-electron chi connectivity index (χ4n) is 1.47. The van der Waals surface area contributed by atoms with Gasteiger partial charge < -0.3 is 10.4 Å². The molecule has 2 heterocycles. The van der Waals surface area contributed by atoms with Gasteiger partial charge in [-0.2, -0.15) is 5.10 Å². The van der Waals surface area contributed by atoms with Crippen LogP contribution in [0.1, 0.15) is 12.5 Å². The van der Waals surface area contributed by atoms with Crippen LogP contribution in [0.25, 0.3) is 5.52 Å². The van der Waals surface area contributed by atoms with Crippen LogP contribution in [0.15, 0.2) is 30.6 Å². The zero-order valence-corrected chi connectivity index (χ0v) is 8.72. The SMILES string of the molecule is C[C@@H](CO)NCc1cnn2ccccc12. The van der Waals surface area contributed by atoms with Crippen LogP contribution in [0, 0.1) is 0 Å². The van der Waals surface area contributed by atoms with Gasteiger partial charge in [0, 0.05) is 24.3 Å². The van der Waals surface area contributed by atoms with Crippen molar-refractivity contribution in [1.29, 1.82) is 0 Å². The van der Waals surface area contributed by atoms with Crippen molar-refractivity contribution in [3.05, 3.63) is 36.2 Å². The Morgan fingerprint density at radius 3 is 3.20 bits per heavy atom. The molecule has 0 saturated heterocycles. The molecule has 0 amide bonds. The third kappa shape index (κ3) is 2.16. The fraction of sp³-hybridized carbons (Fsp3) is 0.364. The number of aliphatic hydroxyl groups is 1. The second-order valence-electron chi connectivity index (χ2n) is 3.66. The summed E-state index contributed by atoms with van der Waals surface area (Å²) in [4.78, 5) is 0. The highest BCUT2D eigenvalue weighted by molar-refractivity contribution is 5.53. The van der Waals surface area contributed by atoms with E-state index < -0.39 is 0 Å². The van der Waals surface area contributed by atoms with Crippen LogP contribution in [0.2, 0.25) is 0 Å². The molecule has 0 aliphatic rings. The zero-order chi connectivity index (χ0) is 10.7. The van der Waals surface area contributed by atoms with Gasteiger partial charge in [-0.3, -0.25) is 0 Å². The van der Waals surface area contributed by atoms with Gasteiger partial charge in [0.1, 0.15) is 0 Å². The van der Waals surface area contributed by atoms with Gasteiger partial charge in [-0.1, -0.05) is 6.07 Å². The quantitative estimate of drug-likeness (QED) is 0.776. The number of aromatic nitrogens is 2. The van der Waals surface area contributed by atoms with E-state index in [9.17, 15) is 0 Å². The molecule has 0 unspecified atom stereocenters. The Kier molecular flexibility index (Phi) is 2.99. The van der Waals surface area contributed by atoms with E-state index in [2.05, 4.69) is 10.4 Å². The molecule has 0 saturated carbocycles. The van der Waals surface area contributed by atoms with Crippen molar-refractivity contribution in [2.75, 3.05) is 6.61 Å².